The average Bonchev–Trinajstić information content (AvgIpc) is 2.31. The lowest BCUT2D eigenvalue weighted by atomic mass is 10.0. The van der Waals surface area contributed by atoms with Crippen LogP contribution < -0.4 is 11.3 Å². The molecule has 1 aromatic heterocycles. The molecule has 2 rings (SSSR count). The van der Waals surface area contributed by atoms with Crippen LogP contribution in [-0.2, 0) is 13.0 Å². The van der Waals surface area contributed by atoms with E-state index in [1.165, 1.54) is 22.8 Å². The fourth-order valence-electron chi connectivity index (χ4n) is 2.24. The first-order valence-electron chi connectivity index (χ1n) is 6.14. The lowest BCUT2D eigenvalue weighted by Crippen LogP contribution is -2.17. The van der Waals surface area contributed by atoms with Gasteiger partial charge in [0.2, 0.25) is 0 Å². The molecule has 0 aliphatic carbocycles. The third kappa shape index (κ3) is 2.93. The second kappa shape index (κ2) is 5.40. The normalized spacial score (nSPS) is 10.6. The minimum atomic E-state index is -0.258. The molecule has 5 heteroatoms. The minimum Gasteiger partial charge on any atom is -0.385 e. The molecule has 1 heterocycles. The molecular formula is C14H17N3OS. The number of aryl methyl sites for hydroxylation is 2. The number of anilines is 1. The van der Waals surface area contributed by atoms with Crippen LogP contribution in [0.2, 0.25) is 0 Å². The van der Waals surface area contributed by atoms with Crippen molar-refractivity contribution in [1.29, 1.82) is 0 Å². The average molecular weight is 275 g/mol. The molecular weight excluding hydrogens is 258 g/mol. The van der Waals surface area contributed by atoms with E-state index in [9.17, 15) is 4.79 Å². The van der Waals surface area contributed by atoms with Crippen LogP contribution in [0.1, 0.15) is 16.7 Å². The van der Waals surface area contributed by atoms with E-state index in [-0.39, 0.29) is 5.56 Å². The lowest BCUT2D eigenvalue weighted by Gasteiger charge is -2.13. The summed E-state index contributed by atoms with van der Waals surface area (Å²) in [4.78, 5) is 13.8. The van der Waals surface area contributed by atoms with Gasteiger partial charge in [-0.25, -0.2) is 0 Å². The predicted octanol–water partition coefficient (Wildman–Crippen LogP) is 2.35. The molecule has 19 heavy (non-hydrogen) atoms. The van der Waals surface area contributed by atoms with Crippen molar-refractivity contribution in [3.05, 3.63) is 56.1 Å². The quantitative estimate of drug-likeness (QED) is 0.845. The zero-order valence-electron chi connectivity index (χ0n) is 11.1. The van der Waals surface area contributed by atoms with Gasteiger partial charge in [0.15, 0.2) is 4.77 Å². The number of aromatic amines is 1. The second-order valence-electron chi connectivity index (χ2n) is 4.64. The second-order valence-corrected chi connectivity index (χ2v) is 5.02. The van der Waals surface area contributed by atoms with Gasteiger partial charge < -0.3 is 10.3 Å². The number of aromatic nitrogens is 2. The summed E-state index contributed by atoms with van der Waals surface area (Å²) in [5.74, 6) is 0.403. The van der Waals surface area contributed by atoms with Gasteiger partial charge >= 0.3 is 0 Å². The van der Waals surface area contributed by atoms with Gasteiger partial charge in [0.1, 0.15) is 5.82 Å². The predicted molar refractivity (Wildman–Crippen MR) is 79.9 cm³/mol. The Labute approximate surface area is 116 Å². The minimum absolute atomic E-state index is 0.258. The monoisotopic (exact) mass is 275 g/mol. The Kier molecular flexibility index (Phi) is 3.85. The van der Waals surface area contributed by atoms with Gasteiger partial charge in [0, 0.05) is 12.6 Å². The molecule has 0 saturated heterocycles. The summed E-state index contributed by atoms with van der Waals surface area (Å²) < 4.78 is 2.12. The molecule has 0 atom stereocenters. The topological polar surface area (TPSA) is 63.8 Å². The number of nitrogens with two attached hydrogens (primary N) is 1. The Hall–Kier alpha value is -1.88. The summed E-state index contributed by atoms with van der Waals surface area (Å²) in [7, 11) is 0. The van der Waals surface area contributed by atoms with Gasteiger partial charge in [-0.3, -0.25) is 9.78 Å². The summed E-state index contributed by atoms with van der Waals surface area (Å²) in [6, 6.07) is 7.60. The highest BCUT2D eigenvalue weighted by atomic mass is 32.1. The molecule has 2 aromatic rings. The van der Waals surface area contributed by atoms with Crippen molar-refractivity contribution < 1.29 is 0 Å². The van der Waals surface area contributed by atoms with Crippen LogP contribution in [0.25, 0.3) is 0 Å². The third-order valence-electron chi connectivity index (χ3n) is 3.30. The van der Waals surface area contributed by atoms with Crippen LogP contribution in [0.3, 0.4) is 0 Å². The number of rotatable bonds is 3. The number of nitrogen functional groups attached to an aromatic ring is 1. The van der Waals surface area contributed by atoms with Crippen LogP contribution in [0, 0.1) is 18.6 Å². The van der Waals surface area contributed by atoms with E-state index in [4.69, 9.17) is 18.0 Å². The molecule has 0 bridgehead atoms. The van der Waals surface area contributed by atoms with E-state index < -0.39 is 0 Å². The fourth-order valence-corrected chi connectivity index (χ4v) is 2.53. The van der Waals surface area contributed by atoms with Gasteiger partial charge in [0.25, 0.3) is 5.56 Å². The maximum absolute atomic E-state index is 11.2. The molecule has 0 aliphatic rings. The number of hydrogen-bond acceptors (Lipinski definition) is 3. The SMILES string of the molecule is Cc1cccc(C)c1CCn1c(N)cc(=O)[nH]c1=S. The van der Waals surface area contributed by atoms with E-state index in [0.717, 1.165) is 6.42 Å². The van der Waals surface area contributed by atoms with E-state index in [2.05, 4.69) is 31.0 Å². The third-order valence-corrected chi connectivity index (χ3v) is 3.62. The van der Waals surface area contributed by atoms with Gasteiger partial charge in [0.05, 0.1) is 0 Å². The van der Waals surface area contributed by atoms with E-state index >= 15 is 0 Å². The Morgan fingerprint density at radius 3 is 2.53 bits per heavy atom. The molecule has 0 amide bonds. The van der Waals surface area contributed by atoms with Gasteiger partial charge in [-0.2, -0.15) is 0 Å². The highest BCUT2D eigenvalue weighted by Gasteiger charge is 2.05. The first kappa shape index (κ1) is 13.5. The molecule has 0 unspecified atom stereocenters. The number of hydrogen-bond donors (Lipinski definition) is 2. The lowest BCUT2D eigenvalue weighted by molar-refractivity contribution is 0.669. The van der Waals surface area contributed by atoms with Gasteiger partial charge in [-0.1, -0.05) is 18.2 Å². The zero-order valence-corrected chi connectivity index (χ0v) is 11.9. The van der Waals surface area contributed by atoms with Crippen molar-refractivity contribution in [2.45, 2.75) is 26.8 Å². The Balaban J connectivity index is 2.29. The molecule has 100 valence electrons. The maximum Gasteiger partial charge on any atom is 0.253 e. The van der Waals surface area contributed by atoms with Crippen molar-refractivity contribution in [3.63, 3.8) is 0 Å². The summed E-state index contributed by atoms with van der Waals surface area (Å²) in [5.41, 5.74) is 9.40. The van der Waals surface area contributed by atoms with Crippen LogP contribution in [0.15, 0.2) is 29.1 Å². The van der Waals surface area contributed by atoms with Gasteiger partial charge in [-0.15, -0.1) is 0 Å². The first-order chi connectivity index (χ1) is 8.99. The molecule has 0 aliphatic heterocycles. The summed E-state index contributed by atoms with van der Waals surface area (Å²) in [5, 5.41) is 0. The van der Waals surface area contributed by atoms with E-state index in [1.807, 2.05) is 6.07 Å². The standard InChI is InChI=1S/C14H17N3OS/c1-9-4-3-5-10(2)11(9)6-7-17-12(15)8-13(18)16-14(17)19/h3-5,8H,6-7,15H2,1-2H3,(H,16,18,19). The number of benzene rings is 1. The number of nitrogens with one attached hydrogen (secondary N) is 1. The zero-order chi connectivity index (χ0) is 14.0. The highest BCUT2D eigenvalue weighted by molar-refractivity contribution is 7.71. The van der Waals surface area contributed by atoms with Crippen LogP contribution >= 0.6 is 12.2 Å². The Morgan fingerprint density at radius 1 is 1.32 bits per heavy atom. The van der Waals surface area contributed by atoms with Crippen molar-refractivity contribution in [2.75, 3.05) is 5.73 Å². The summed E-state index contributed by atoms with van der Waals surface area (Å²) in [6.45, 7) is 4.85. The Morgan fingerprint density at radius 2 is 1.95 bits per heavy atom. The first-order valence-corrected chi connectivity index (χ1v) is 6.54. The summed E-state index contributed by atoms with van der Waals surface area (Å²) >= 11 is 5.14. The molecule has 0 spiro atoms. The van der Waals surface area contributed by atoms with Crippen molar-refractivity contribution >= 4 is 18.0 Å². The number of H-pyrrole nitrogens is 1. The highest BCUT2D eigenvalue weighted by Crippen LogP contribution is 2.15. The van der Waals surface area contributed by atoms with E-state index in [1.54, 1.807) is 4.57 Å². The van der Waals surface area contributed by atoms with Crippen LogP contribution in [-0.4, -0.2) is 9.55 Å². The molecule has 0 radical (unpaired) electrons. The largest absolute Gasteiger partial charge is 0.385 e. The van der Waals surface area contributed by atoms with E-state index in [0.29, 0.717) is 17.1 Å². The molecule has 0 saturated carbocycles. The Bertz CT molecular complexity index is 695. The molecule has 1 aromatic carbocycles. The molecule has 4 nitrogen and oxygen atoms in total. The smallest absolute Gasteiger partial charge is 0.253 e. The van der Waals surface area contributed by atoms with Crippen molar-refractivity contribution in [3.8, 4) is 0 Å². The number of nitrogens with zero attached hydrogens (tertiary/aromatic N) is 1. The summed E-state index contributed by atoms with van der Waals surface area (Å²) in [6.07, 6.45) is 0.836. The van der Waals surface area contributed by atoms with Crippen molar-refractivity contribution in [2.24, 2.45) is 0 Å². The van der Waals surface area contributed by atoms with Crippen LogP contribution in [0.5, 0.6) is 0 Å². The van der Waals surface area contributed by atoms with Crippen LogP contribution in [0.4, 0.5) is 5.82 Å². The van der Waals surface area contributed by atoms with Crippen molar-refractivity contribution in [1.82, 2.24) is 9.55 Å². The molecule has 0 fully saturated rings. The fraction of sp³-hybridized carbons (Fsp3) is 0.286. The van der Waals surface area contributed by atoms with Gasteiger partial charge in [-0.05, 0) is 49.2 Å². The maximum atomic E-state index is 11.2. The molecule has 3 N–H and O–H groups in total.